The second-order valence-electron chi connectivity index (χ2n) is 5.78. The van der Waals surface area contributed by atoms with Crippen LogP contribution in [0.2, 0.25) is 0 Å². The number of nitrogens with zero attached hydrogens (tertiary/aromatic N) is 1. The average Bonchev–Trinajstić information content (AvgIpc) is 2.32. The van der Waals surface area contributed by atoms with Crippen LogP contribution >= 0.6 is 0 Å². The van der Waals surface area contributed by atoms with Crippen molar-refractivity contribution in [3.05, 3.63) is 35.9 Å². The molecule has 1 aromatic carbocycles. The van der Waals surface area contributed by atoms with Crippen LogP contribution in [0, 0.1) is 0 Å². The Hall–Kier alpha value is -0.860. The summed E-state index contributed by atoms with van der Waals surface area (Å²) in [6.07, 6.45) is 1.15. The lowest BCUT2D eigenvalue weighted by molar-refractivity contribution is 0.0715. The van der Waals surface area contributed by atoms with Gasteiger partial charge in [0, 0.05) is 31.2 Å². The van der Waals surface area contributed by atoms with Gasteiger partial charge in [-0.25, -0.2) is 0 Å². The Balaban J connectivity index is 1.93. The zero-order valence-electron chi connectivity index (χ0n) is 11.2. The molecule has 1 atom stereocenters. The lowest BCUT2D eigenvalue weighted by Crippen LogP contribution is -2.61. The summed E-state index contributed by atoms with van der Waals surface area (Å²) in [5.41, 5.74) is 1.72. The fourth-order valence-electron chi connectivity index (χ4n) is 2.48. The van der Waals surface area contributed by atoms with Crippen LogP contribution in [0.1, 0.15) is 26.3 Å². The van der Waals surface area contributed by atoms with Crippen molar-refractivity contribution in [3.8, 4) is 0 Å². The first-order chi connectivity index (χ1) is 8.08. The second kappa shape index (κ2) is 5.19. The van der Waals surface area contributed by atoms with E-state index in [2.05, 4.69) is 61.3 Å². The van der Waals surface area contributed by atoms with Gasteiger partial charge in [0.05, 0.1) is 0 Å². The van der Waals surface area contributed by atoms with Crippen LogP contribution in [0.4, 0.5) is 0 Å². The van der Waals surface area contributed by atoms with Gasteiger partial charge in [0.2, 0.25) is 0 Å². The third-order valence-electron chi connectivity index (χ3n) is 3.75. The number of hydrogen-bond acceptors (Lipinski definition) is 2. The van der Waals surface area contributed by atoms with Crippen LogP contribution < -0.4 is 5.32 Å². The molecular weight excluding hydrogens is 208 g/mol. The van der Waals surface area contributed by atoms with Gasteiger partial charge >= 0.3 is 0 Å². The number of nitrogens with one attached hydrogen (secondary N) is 1. The zero-order chi connectivity index (χ0) is 12.3. The Kier molecular flexibility index (Phi) is 3.85. The highest BCUT2D eigenvalue weighted by Crippen LogP contribution is 2.18. The summed E-state index contributed by atoms with van der Waals surface area (Å²) < 4.78 is 0. The maximum Gasteiger partial charge on any atom is 0.0278 e. The Labute approximate surface area is 105 Å². The van der Waals surface area contributed by atoms with Crippen molar-refractivity contribution >= 4 is 0 Å². The lowest BCUT2D eigenvalue weighted by Gasteiger charge is -2.45. The molecule has 0 spiro atoms. The van der Waals surface area contributed by atoms with Crippen molar-refractivity contribution in [1.29, 1.82) is 0 Å². The first kappa shape index (κ1) is 12.6. The molecule has 1 aromatic rings. The van der Waals surface area contributed by atoms with Crippen molar-refractivity contribution in [2.45, 2.75) is 38.8 Å². The van der Waals surface area contributed by atoms with Gasteiger partial charge in [-0.2, -0.15) is 0 Å². The summed E-state index contributed by atoms with van der Waals surface area (Å²) in [6, 6.07) is 11.4. The van der Waals surface area contributed by atoms with Gasteiger partial charge in [-0.05, 0) is 32.8 Å². The van der Waals surface area contributed by atoms with E-state index in [0.717, 1.165) is 26.1 Å². The number of piperazine rings is 1. The number of benzene rings is 1. The van der Waals surface area contributed by atoms with E-state index in [1.54, 1.807) is 0 Å². The summed E-state index contributed by atoms with van der Waals surface area (Å²) in [5, 5.41) is 3.56. The molecule has 0 saturated carbocycles. The molecule has 0 aliphatic carbocycles. The van der Waals surface area contributed by atoms with E-state index in [1.165, 1.54) is 5.56 Å². The molecule has 17 heavy (non-hydrogen) atoms. The summed E-state index contributed by atoms with van der Waals surface area (Å²) >= 11 is 0. The molecule has 1 unspecified atom stereocenters. The molecule has 0 aromatic heterocycles. The summed E-state index contributed by atoms with van der Waals surface area (Å²) in [7, 11) is 0. The molecule has 2 nitrogen and oxygen atoms in total. The average molecular weight is 232 g/mol. The molecule has 2 rings (SSSR count). The molecule has 1 aliphatic heterocycles. The quantitative estimate of drug-likeness (QED) is 0.860. The molecule has 1 aliphatic rings. The largest absolute Gasteiger partial charge is 0.311 e. The molecule has 1 heterocycles. The molecule has 1 fully saturated rings. The van der Waals surface area contributed by atoms with Crippen LogP contribution in [-0.4, -0.2) is 36.1 Å². The highest BCUT2D eigenvalue weighted by Gasteiger charge is 2.31. The van der Waals surface area contributed by atoms with Crippen LogP contribution in [0.15, 0.2) is 30.3 Å². The van der Waals surface area contributed by atoms with Crippen molar-refractivity contribution in [2.24, 2.45) is 0 Å². The minimum absolute atomic E-state index is 0.279. The van der Waals surface area contributed by atoms with E-state index in [-0.39, 0.29) is 5.54 Å². The van der Waals surface area contributed by atoms with Gasteiger partial charge in [0.15, 0.2) is 0 Å². The van der Waals surface area contributed by atoms with Crippen LogP contribution in [0.25, 0.3) is 0 Å². The van der Waals surface area contributed by atoms with Crippen LogP contribution in [-0.2, 0) is 6.42 Å². The van der Waals surface area contributed by atoms with Gasteiger partial charge in [0.1, 0.15) is 0 Å². The maximum absolute atomic E-state index is 3.56. The highest BCUT2D eigenvalue weighted by atomic mass is 15.3. The summed E-state index contributed by atoms with van der Waals surface area (Å²) in [4.78, 5) is 2.61. The Morgan fingerprint density at radius 3 is 2.71 bits per heavy atom. The second-order valence-corrected chi connectivity index (χ2v) is 5.78. The molecule has 1 saturated heterocycles. The minimum Gasteiger partial charge on any atom is -0.311 e. The van der Waals surface area contributed by atoms with E-state index in [4.69, 9.17) is 0 Å². The smallest absolute Gasteiger partial charge is 0.0278 e. The van der Waals surface area contributed by atoms with Gasteiger partial charge in [0.25, 0.3) is 0 Å². The zero-order valence-corrected chi connectivity index (χ0v) is 11.2. The van der Waals surface area contributed by atoms with Crippen molar-refractivity contribution in [3.63, 3.8) is 0 Å². The maximum atomic E-state index is 3.56. The van der Waals surface area contributed by atoms with Gasteiger partial charge in [-0.1, -0.05) is 30.3 Å². The van der Waals surface area contributed by atoms with E-state index >= 15 is 0 Å². The molecule has 94 valence electrons. The minimum atomic E-state index is 0.279. The third-order valence-corrected chi connectivity index (χ3v) is 3.75. The normalized spacial score (nSPS) is 24.8. The predicted molar refractivity (Wildman–Crippen MR) is 73.3 cm³/mol. The van der Waals surface area contributed by atoms with Crippen LogP contribution in [0.5, 0.6) is 0 Å². The molecular formula is C15H24N2. The lowest BCUT2D eigenvalue weighted by atomic mass is 9.97. The van der Waals surface area contributed by atoms with E-state index < -0.39 is 0 Å². The van der Waals surface area contributed by atoms with E-state index in [0.29, 0.717) is 6.04 Å². The number of hydrogen-bond donors (Lipinski definition) is 1. The van der Waals surface area contributed by atoms with Crippen molar-refractivity contribution < 1.29 is 0 Å². The standard InChI is InChI=1S/C15H24N2/c1-13-11-17(15(2,3)12-16-13)10-9-14-7-5-4-6-8-14/h4-8,13,16H,9-12H2,1-3H3. The Morgan fingerprint density at radius 1 is 1.29 bits per heavy atom. The van der Waals surface area contributed by atoms with Gasteiger partial charge < -0.3 is 5.32 Å². The molecule has 0 amide bonds. The monoisotopic (exact) mass is 232 g/mol. The highest BCUT2D eigenvalue weighted by molar-refractivity contribution is 5.15. The summed E-state index contributed by atoms with van der Waals surface area (Å²) in [6.45, 7) is 10.3. The topological polar surface area (TPSA) is 15.3 Å². The van der Waals surface area contributed by atoms with Crippen molar-refractivity contribution in [1.82, 2.24) is 10.2 Å². The molecule has 2 heteroatoms. The third kappa shape index (κ3) is 3.30. The predicted octanol–water partition coefficient (Wildman–Crippen LogP) is 2.30. The molecule has 1 N–H and O–H groups in total. The molecule has 0 bridgehead atoms. The SMILES string of the molecule is CC1CN(CCc2ccccc2)C(C)(C)CN1. The van der Waals surface area contributed by atoms with Crippen molar-refractivity contribution in [2.75, 3.05) is 19.6 Å². The summed E-state index contributed by atoms with van der Waals surface area (Å²) in [5.74, 6) is 0. The van der Waals surface area contributed by atoms with Crippen LogP contribution in [0.3, 0.4) is 0 Å². The van der Waals surface area contributed by atoms with E-state index in [9.17, 15) is 0 Å². The number of rotatable bonds is 3. The fraction of sp³-hybridized carbons (Fsp3) is 0.600. The Morgan fingerprint density at radius 2 is 2.00 bits per heavy atom. The first-order valence-electron chi connectivity index (χ1n) is 6.60. The van der Waals surface area contributed by atoms with Gasteiger partial charge in [-0.15, -0.1) is 0 Å². The fourth-order valence-corrected chi connectivity index (χ4v) is 2.48. The van der Waals surface area contributed by atoms with E-state index in [1.807, 2.05) is 0 Å². The Bertz CT molecular complexity index is 345. The first-order valence-corrected chi connectivity index (χ1v) is 6.60. The molecule has 0 radical (unpaired) electrons. The van der Waals surface area contributed by atoms with Gasteiger partial charge in [-0.3, -0.25) is 4.90 Å².